The first kappa shape index (κ1) is 12.9. The minimum Gasteiger partial charge on any atom is -0.397 e. The molecule has 5 heteroatoms. The number of fused-ring (bicyclic) bond motifs is 1. The summed E-state index contributed by atoms with van der Waals surface area (Å²) in [5.41, 5.74) is 8.53. The predicted octanol–water partition coefficient (Wildman–Crippen LogP) is 3.62. The summed E-state index contributed by atoms with van der Waals surface area (Å²) in [6, 6.07) is 7.83. The molecule has 3 N–H and O–H groups in total. The van der Waals surface area contributed by atoms with Gasteiger partial charge in [-0.15, -0.1) is 11.3 Å². The van der Waals surface area contributed by atoms with Crippen molar-refractivity contribution in [3.63, 3.8) is 0 Å². The summed E-state index contributed by atoms with van der Waals surface area (Å²) >= 11 is 1.63. The standard InChI is InChI=1S/C15H16N4S/c1-15(2,14-18-8-9-20-14)19-12-6-5-11-10(13(12)16)4-3-7-17-11/h3-9,19H,16H2,1-2H3. The van der Waals surface area contributed by atoms with Crippen LogP contribution in [-0.4, -0.2) is 9.97 Å². The molecule has 2 aromatic heterocycles. The zero-order chi connectivity index (χ0) is 14.2. The van der Waals surface area contributed by atoms with Crippen LogP contribution in [0.25, 0.3) is 10.9 Å². The highest BCUT2D eigenvalue weighted by atomic mass is 32.1. The van der Waals surface area contributed by atoms with Crippen LogP contribution in [0.15, 0.2) is 42.0 Å². The number of nitrogens with zero attached hydrogens (tertiary/aromatic N) is 2. The maximum Gasteiger partial charge on any atom is 0.117 e. The Morgan fingerprint density at radius 1 is 1.15 bits per heavy atom. The van der Waals surface area contributed by atoms with Crippen LogP contribution in [0.4, 0.5) is 11.4 Å². The van der Waals surface area contributed by atoms with Gasteiger partial charge in [0.15, 0.2) is 0 Å². The zero-order valence-electron chi connectivity index (χ0n) is 11.4. The van der Waals surface area contributed by atoms with Crippen molar-refractivity contribution in [2.45, 2.75) is 19.4 Å². The largest absolute Gasteiger partial charge is 0.397 e. The predicted molar refractivity (Wildman–Crippen MR) is 84.9 cm³/mol. The molecule has 0 amide bonds. The van der Waals surface area contributed by atoms with Gasteiger partial charge in [0.25, 0.3) is 0 Å². The van der Waals surface area contributed by atoms with Gasteiger partial charge in [-0.1, -0.05) is 0 Å². The van der Waals surface area contributed by atoms with Crippen LogP contribution < -0.4 is 11.1 Å². The molecule has 1 aromatic carbocycles. The molecule has 0 radical (unpaired) electrons. The average Bonchev–Trinajstić information content (AvgIpc) is 2.97. The smallest absolute Gasteiger partial charge is 0.117 e. The monoisotopic (exact) mass is 284 g/mol. The molecular formula is C15H16N4S. The van der Waals surface area contributed by atoms with E-state index in [0.29, 0.717) is 0 Å². The fourth-order valence-corrected chi connectivity index (χ4v) is 2.92. The topological polar surface area (TPSA) is 63.8 Å². The highest BCUT2D eigenvalue weighted by Gasteiger charge is 2.24. The molecule has 20 heavy (non-hydrogen) atoms. The van der Waals surface area contributed by atoms with Crippen molar-refractivity contribution in [2.75, 3.05) is 11.1 Å². The Morgan fingerprint density at radius 2 is 2.00 bits per heavy atom. The molecule has 0 saturated heterocycles. The van der Waals surface area contributed by atoms with Crippen LogP contribution in [-0.2, 0) is 5.54 Å². The van der Waals surface area contributed by atoms with Crippen molar-refractivity contribution >= 4 is 33.6 Å². The van der Waals surface area contributed by atoms with E-state index < -0.39 is 0 Å². The molecular weight excluding hydrogens is 268 g/mol. The summed E-state index contributed by atoms with van der Waals surface area (Å²) in [4.78, 5) is 8.69. The average molecular weight is 284 g/mol. The fourth-order valence-electron chi connectivity index (χ4n) is 2.21. The lowest BCUT2D eigenvalue weighted by Gasteiger charge is -2.26. The Bertz CT molecular complexity index is 735. The number of nitrogens with one attached hydrogen (secondary N) is 1. The Labute approximate surface area is 121 Å². The SMILES string of the molecule is CC(C)(Nc1ccc2ncccc2c1N)c1nccs1. The summed E-state index contributed by atoms with van der Waals surface area (Å²) in [5.74, 6) is 0. The number of benzene rings is 1. The molecule has 4 nitrogen and oxygen atoms in total. The highest BCUT2D eigenvalue weighted by Crippen LogP contribution is 2.33. The van der Waals surface area contributed by atoms with Crippen LogP contribution in [0.1, 0.15) is 18.9 Å². The molecule has 0 aliphatic rings. The first-order valence-electron chi connectivity index (χ1n) is 6.39. The Kier molecular flexibility index (Phi) is 3.06. The molecule has 0 aliphatic carbocycles. The van der Waals surface area contributed by atoms with Gasteiger partial charge in [0, 0.05) is 23.2 Å². The van der Waals surface area contributed by atoms with Gasteiger partial charge in [0.05, 0.1) is 22.4 Å². The molecule has 3 rings (SSSR count). The van der Waals surface area contributed by atoms with Gasteiger partial charge in [-0.05, 0) is 38.1 Å². The third-order valence-corrected chi connectivity index (χ3v) is 4.34. The van der Waals surface area contributed by atoms with E-state index in [9.17, 15) is 0 Å². The lowest BCUT2D eigenvalue weighted by atomic mass is 10.0. The van der Waals surface area contributed by atoms with E-state index in [2.05, 4.69) is 29.1 Å². The quantitative estimate of drug-likeness (QED) is 0.721. The maximum absolute atomic E-state index is 6.26. The number of hydrogen-bond acceptors (Lipinski definition) is 5. The van der Waals surface area contributed by atoms with Gasteiger partial charge in [-0.2, -0.15) is 0 Å². The summed E-state index contributed by atoms with van der Waals surface area (Å²) in [6.07, 6.45) is 3.59. The van der Waals surface area contributed by atoms with Gasteiger partial charge >= 0.3 is 0 Å². The second-order valence-electron chi connectivity index (χ2n) is 5.18. The molecule has 0 spiro atoms. The Morgan fingerprint density at radius 3 is 2.75 bits per heavy atom. The number of aromatic nitrogens is 2. The number of nitrogens with two attached hydrogens (primary N) is 1. The number of anilines is 2. The van der Waals surface area contributed by atoms with Gasteiger partial charge in [0.2, 0.25) is 0 Å². The fraction of sp³-hybridized carbons (Fsp3) is 0.200. The van der Waals surface area contributed by atoms with E-state index in [1.807, 2.05) is 35.8 Å². The minimum absolute atomic E-state index is 0.266. The second kappa shape index (κ2) is 4.76. The summed E-state index contributed by atoms with van der Waals surface area (Å²) in [7, 11) is 0. The van der Waals surface area contributed by atoms with Crippen molar-refractivity contribution in [1.82, 2.24) is 9.97 Å². The third-order valence-electron chi connectivity index (χ3n) is 3.24. The Balaban J connectivity index is 2.01. The number of hydrogen-bond donors (Lipinski definition) is 2. The van der Waals surface area contributed by atoms with Gasteiger partial charge < -0.3 is 11.1 Å². The first-order valence-corrected chi connectivity index (χ1v) is 7.27. The number of thiazole rings is 1. The van der Waals surface area contributed by atoms with Crippen molar-refractivity contribution in [3.05, 3.63) is 47.0 Å². The number of rotatable bonds is 3. The van der Waals surface area contributed by atoms with Crippen LogP contribution in [0.3, 0.4) is 0 Å². The van der Waals surface area contributed by atoms with Crippen molar-refractivity contribution in [1.29, 1.82) is 0 Å². The van der Waals surface area contributed by atoms with E-state index in [4.69, 9.17) is 5.73 Å². The highest BCUT2D eigenvalue weighted by molar-refractivity contribution is 7.09. The lowest BCUT2D eigenvalue weighted by Crippen LogP contribution is -2.28. The van der Waals surface area contributed by atoms with Crippen LogP contribution in [0, 0.1) is 0 Å². The number of nitrogen functional groups attached to an aromatic ring is 1. The van der Waals surface area contributed by atoms with Crippen LogP contribution in [0.5, 0.6) is 0 Å². The summed E-state index contributed by atoms with van der Waals surface area (Å²) in [6.45, 7) is 4.19. The molecule has 0 saturated carbocycles. The minimum atomic E-state index is -0.266. The molecule has 3 aromatic rings. The van der Waals surface area contributed by atoms with Crippen molar-refractivity contribution in [3.8, 4) is 0 Å². The van der Waals surface area contributed by atoms with E-state index >= 15 is 0 Å². The van der Waals surface area contributed by atoms with E-state index in [1.54, 1.807) is 17.5 Å². The van der Waals surface area contributed by atoms with Crippen LogP contribution >= 0.6 is 11.3 Å². The summed E-state index contributed by atoms with van der Waals surface area (Å²) < 4.78 is 0. The van der Waals surface area contributed by atoms with Crippen molar-refractivity contribution < 1.29 is 0 Å². The normalized spacial score (nSPS) is 11.7. The van der Waals surface area contributed by atoms with Crippen LogP contribution in [0.2, 0.25) is 0 Å². The van der Waals surface area contributed by atoms with Gasteiger partial charge in [-0.3, -0.25) is 4.98 Å². The molecule has 0 aliphatic heterocycles. The maximum atomic E-state index is 6.26. The molecule has 0 bridgehead atoms. The van der Waals surface area contributed by atoms with Gasteiger partial charge in [-0.25, -0.2) is 4.98 Å². The molecule has 2 heterocycles. The zero-order valence-corrected chi connectivity index (χ0v) is 12.2. The first-order chi connectivity index (χ1) is 9.58. The second-order valence-corrected chi connectivity index (χ2v) is 6.08. The van der Waals surface area contributed by atoms with E-state index in [-0.39, 0.29) is 5.54 Å². The van der Waals surface area contributed by atoms with Crippen molar-refractivity contribution in [2.24, 2.45) is 0 Å². The number of pyridine rings is 1. The molecule has 0 unspecified atom stereocenters. The van der Waals surface area contributed by atoms with Gasteiger partial charge in [0.1, 0.15) is 5.01 Å². The molecule has 0 atom stereocenters. The lowest BCUT2D eigenvalue weighted by molar-refractivity contribution is 0.605. The summed E-state index contributed by atoms with van der Waals surface area (Å²) in [5, 5.41) is 7.45. The Hall–Kier alpha value is -2.14. The molecule has 102 valence electrons. The third kappa shape index (κ3) is 2.20. The van der Waals surface area contributed by atoms with E-state index in [0.717, 1.165) is 27.3 Å². The van der Waals surface area contributed by atoms with E-state index in [1.165, 1.54) is 0 Å². The molecule has 0 fully saturated rings.